The van der Waals surface area contributed by atoms with Crippen LogP contribution in [0.2, 0.25) is 0 Å². The number of hydrogen-bond acceptors (Lipinski definition) is 8. The first-order valence-corrected chi connectivity index (χ1v) is 12.5. The molecule has 0 saturated carbocycles. The molecule has 0 unspecified atom stereocenters. The number of rotatable bonds is 8. The maximum absolute atomic E-state index is 12.9. The lowest BCUT2D eigenvalue weighted by atomic mass is 10.1. The Morgan fingerprint density at radius 1 is 1.18 bits per heavy atom. The Hall–Kier alpha value is -2.37. The van der Waals surface area contributed by atoms with Crippen molar-refractivity contribution in [1.82, 2.24) is 10.2 Å². The molecule has 0 radical (unpaired) electrons. The fourth-order valence-corrected chi connectivity index (χ4v) is 3.91. The van der Waals surface area contributed by atoms with Gasteiger partial charge in [-0.05, 0) is 46.6 Å². The second-order valence-electron chi connectivity index (χ2n) is 9.28. The first-order chi connectivity index (χ1) is 15.2. The fraction of sp³-hybridized carbons (Fsp3) is 0.636. The van der Waals surface area contributed by atoms with Gasteiger partial charge in [0.15, 0.2) is 0 Å². The lowest BCUT2D eigenvalue weighted by Crippen LogP contribution is -2.51. The van der Waals surface area contributed by atoms with Gasteiger partial charge in [-0.2, -0.15) is 8.42 Å². The van der Waals surface area contributed by atoms with E-state index in [2.05, 4.69) is 5.32 Å². The van der Waals surface area contributed by atoms with E-state index in [1.165, 1.54) is 4.90 Å². The molecule has 1 N–H and O–H groups in total. The van der Waals surface area contributed by atoms with Crippen LogP contribution in [0.25, 0.3) is 0 Å². The smallest absolute Gasteiger partial charge is 0.412 e. The molecule has 186 valence electrons. The summed E-state index contributed by atoms with van der Waals surface area (Å²) in [7, 11) is -3.65. The van der Waals surface area contributed by atoms with Crippen LogP contribution in [0.3, 0.4) is 0 Å². The summed E-state index contributed by atoms with van der Waals surface area (Å²) >= 11 is 0. The van der Waals surface area contributed by atoms with Crippen molar-refractivity contribution in [2.45, 2.75) is 71.1 Å². The average Bonchev–Trinajstić information content (AvgIpc) is 2.93. The van der Waals surface area contributed by atoms with Gasteiger partial charge < -0.3 is 19.5 Å². The number of amides is 2. The zero-order chi connectivity index (χ0) is 24.9. The SMILES string of the molecule is CC(C)(C)OC(=O)N1[C@H](CCOS(C)(=O)=O)[C@@H](CNC(=O)OCc2ccccc2)OC1(C)C. The molecule has 2 atom stereocenters. The summed E-state index contributed by atoms with van der Waals surface area (Å²) < 4.78 is 44.5. The van der Waals surface area contributed by atoms with Crippen LogP contribution in [0.4, 0.5) is 9.59 Å². The summed E-state index contributed by atoms with van der Waals surface area (Å²) in [5.74, 6) is 0. The second kappa shape index (κ2) is 10.7. The monoisotopic (exact) mass is 486 g/mol. The van der Waals surface area contributed by atoms with E-state index in [4.69, 9.17) is 18.4 Å². The highest BCUT2D eigenvalue weighted by Crippen LogP contribution is 2.35. The molecule has 33 heavy (non-hydrogen) atoms. The molecule has 1 aliphatic heterocycles. The van der Waals surface area contributed by atoms with Gasteiger partial charge in [0.25, 0.3) is 10.1 Å². The zero-order valence-electron chi connectivity index (χ0n) is 20.0. The van der Waals surface area contributed by atoms with Gasteiger partial charge >= 0.3 is 12.2 Å². The van der Waals surface area contributed by atoms with E-state index in [9.17, 15) is 18.0 Å². The summed E-state index contributed by atoms with van der Waals surface area (Å²) in [6.45, 7) is 8.65. The lowest BCUT2D eigenvalue weighted by Gasteiger charge is -2.35. The van der Waals surface area contributed by atoms with E-state index in [-0.39, 0.29) is 26.2 Å². The van der Waals surface area contributed by atoms with Crippen LogP contribution in [0, 0.1) is 0 Å². The quantitative estimate of drug-likeness (QED) is 0.557. The maximum atomic E-state index is 12.9. The van der Waals surface area contributed by atoms with Crippen molar-refractivity contribution in [2.75, 3.05) is 19.4 Å². The minimum atomic E-state index is -3.65. The number of hydrogen-bond donors (Lipinski definition) is 1. The van der Waals surface area contributed by atoms with Crippen molar-refractivity contribution >= 4 is 22.3 Å². The minimum absolute atomic E-state index is 0.0416. The second-order valence-corrected chi connectivity index (χ2v) is 10.9. The van der Waals surface area contributed by atoms with Gasteiger partial charge in [-0.3, -0.25) is 9.08 Å². The van der Waals surface area contributed by atoms with Crippen molar-refractivity contribution in [3.63, 3.8) is 0 Å². The summed E-state index contributed by atoms with van der Waals surface area (Å²) in [5.41, 5.74) is -0.950. The molecular weight excluding hydrogens is 452 g/mol. The number of ether oxygens (including phenoxy) is 3. The first-order valence-electron chi connectivity index (χ1n) is 10.7. The summed E-state index contributed by atoms with van der Waals surface area (Å²) in [6.07, 6.45) is -0.774. The average molecular weight is 487 g/mol. The number of nitrogens with zero attached hydrogens (tertiary/aromatic N) is 1. The number of carbonyl (C=O) groups is 2. The van der Waals surface area contributed by atoms with Gasteiger partial charge in [-0.15, -0.1) is 0 Å². The summed E-state index contributed by atoms with van der Waals surface area (Å²) in [6, 6.07) is 8.64. The fourth-order valence-electron chi connectivity index (χ4n) is 3.51. The van der Waals surface area contributed by atoms with E-state index in [0.29, 0.717) is 0 Å². The molecule has 0 bridgehead atoms. The predicted octanol–water partition coefficient (Wildman–Crippen LogP) is 3.02. The number of carbonyl (C=O) groups excluding carboxylic acids is 2. The molecule has 0 aromatic heterocycles. The third-order valence-corrected chi connectivity index (χ3v) is 5.34. The van der Waals surface area contributed by atoms with Crippen molar-refractivity contribution in [3.8, 4) is 0 Å². The summed E-state index contributed by atoms with van der Waals surface area (Å²) in [4.78, 5) is 26.6. The molecule has 1 aromatic rings. The van der Waals surface area contributed by atoms with Gasteiger partial charge in [-0.25, -0.2) is 9.59 Å². The normalized spacial score (nSPS) is 20.4. The van der Waals surface area contributed by atoms with E-state index >= 15 is 0 Å². The molecule has 10 nitrogen and oxygen atoms in total. The molecule has 0 spiro atoms. The molecule has 1 aliphatic rings. The molecule has 1 saturated heterocycles. The zero-order valence-corrected chi connectivity index (χ0v) is 20.8. The van der Waals surface area contributed by atoms with Crippen LogP contribution < -0.4 is 5.32 Å². The Balaban J connectivity index is 2.07. The lowest BCUT2D eigenvalue weighted by molar-refractivity contribution is -0.0782. The Bertz CT molecular complexity index is 912. The molecule has 1 heterocycles. The first kappa shape index (κ1) is 26.9. The Kier molecular flexibility index (Phi) is 8.72. The van der Waals surface area contributed by atoms with Gasteiger partial charge in [0.05, 0.1) is 25.0 Å². The highest BCUT2D eigenvalue weighted by Gasteiger charge is 2.51. The standard InChI is InChI=1S/C22H34N2O8S/c1-21(2,3)32-20(26)24-17(12-13-30-33(6,27)28)18(31-22(24,4)5)14-23-19(25)29-15-16-10-8-7-9-11-16/h7-11,17-18H,12-15H2,1-6H3,(H,23,25)/t17-,18-/m1/s1. The third kappa shape index (κ3) is 8.82. The molecule has 1 fully saturated rings. The number of benzene rings is 1. The van der Waals surface area contributed by atoms with E-state index in [0.717, 1.165) is 11.8 Å². The van der Waals surface area contributed by atoms with E-state index in [1.807, 2.05) is 30.3 Å². The minimum Gasteiger partial charge on any atom is -0.445 e. The van der Waals surface area contributed by atoms with Crippen molar-refractivity contribution in [1.29, 1.82) is 0 Å². The third-order valence-electron chi connectivity index (χ3n) is 4.74. The Morgan fingerprint density at radius 2 is 1.82 bits per heavy atom. The predicted molar refractivity (Wildman–Crippen MR) is 121 cm³/mol. The highest BCUT2D eigenvalue weighted by molar-refractivity contribution is 7.85. The molecule has 11 heteroatoms. The van der Waals surface area contributed by atoms with E-state index < -0.39 is 45.8 Å². The molecule has 2 amide bonds. The van der Waals surface area contributed by atoms with Crippen LogP contribution in [0.5, 0.6) is 0 Å². The van der Waals surface area contributed by atoms with E-state index in [1.54, 1.807) is 34.6 Å². The highest BCUT2D eigenvalue weighted by atomic mass is 32.2. The molecule has 1 aromatic carbocycles. The van der Waals surface area contributed by atoms with Gasteiger partial charge in [-0.1, -0.05) is 30.3 Å². The van der Waals surface area contributed by atoms with Gasteiger partial charge in [0.1, 0.15) is 17.9 Å². The van der Waals surface area contributed by atoms with Gasteiger partial charge in [0.2, 0.25) is 0 Å². The Labute approximate surface area is 195 Å². The number of nitrogens with one attached hydrogen (secondary N) is 1. The van der Waals surface area contributed by atoms with Crippen LogP contribution in [-0.4, -0.2) is 68.4 Å². The van der Waals surface area contributed by atoms with Crippen LogP contribution in [0.15, 0.2) is 30.3 Å². The maximum Gasteiger partial charge on any atom is 0.412 e. The van der Waals surface area contributed by atoms with Crippen molar-refractivity contribution in [2.24, 2.45) is 0 Å². The van der Waals surface area contributed by atoms with Gasteiger partial charge in [0, 0.05) is 6.54 Å². The summed E-state index contributed by atoms with van der Waals surface area (Å²) in [5, 5.41) is 2.65. The molecule has 2 rings (SSSR count). The van der Waals surface area contributed by atoms with Crippen LogP contribution in [0.1, 0.15) is 46.6 Å². The molecule has 0 aliphatic carbocycles. The van der Waals surface area contributed by atoms with Crippen LogP contribution >= 0.6 is 0 Å². The van der Waals surface area contributed by atoms with Crippen molar-refractivity contribution < 1.29 is 36.4 Å². The Morgan fingerprint density at radius 3 is 2.39 bits per heavy atom. The largest absolute Gasteiger partial charge is 0.445 e. The van der Waals surface area contributed by atoms with Crippen molar-refractivity contribution in [3.05, 3.63) is 35.9 Å². The topological polar surface area (TPSA) is 120 Å². The van der Waals surface area contributed by atoms with Crippen LogP contribution in [-0.2, 0) is 35.1 Å². The number of alkyl carbamates (subject to hydrolysis) is 1. The molecular formula is C22H34N2O8S.